The number of hydrogen-bond acceptors (Lipinski definition) is 4. The Bertz CT molecular complexity index is 455. The first kappa shape index (κ1) is 11.8. The summed E-state index contributed by atoms with van der Waals surface area (Å²) < 4.78 is 0. The topological polar surface area (TPSA) is 66.5 Å². The molecular weight excluding hydrogens is 240 g/mol. The van der Waals surface area contributed by atoms with E-state index in [0.717, 1.165) is 0 Å². The normalized spacial score (nSPS) is 20.3. The zero-order chi connectivity index (χ0) is 12.4. The summed E-state index contributed by atoms with van der Waals surface area (Å²) in [5, 5.41) is 5.75. The van der Waals surface area contributed by atoms with E-state index in [-0.39, 0.29) is 12.5 Å². The van der Waals surface area contributed by atoms with Crippen molar-refractivity contribution in [3.63, 3.8) is 0 Å². The molecule has 5 nitrogen and oxygen atoms in total. The highest BCUT2D eigenvalue weighted by Crippen LogP contribution is 2.15. The molecule has 1 N–H and O–H groups in total. The molecule has 17 heavy (non-hydrogen) atoms. The van der Waals surface area contributed by atoms with Gasteiger partial charge in [-0.2, -0.15) is 11.3 Å². The van der Waals surface area contributed by atoms with Crippen LogP contribution in [0.5, 0.6) is 0 Å². The monoisotopic (exact) mass is 252 g/mol. The third-order valence-corrected chi connectivity index (χ3v) is 3.35. The van der Waals surface area contributed by atoms with Crippen molar-refractivity contribution in [3.8, 4) is 0 Å². The van der Waals surface area contributed by atoms with Crippen LogP contribution in [0, 0.1) is 0 Å². The number of amides is 3. The lowest BCUT2D eigenvalue weighted by atomic mass is 10.1. The Kier molecular flexibility index (Phi) is 3.23. The lowest BCUT2D eigenvalue weighted by molar-refractivity contribution is -0.138. The first-order chi connectivity index (χ1) is 8.13. The van der Waals surface area contributed by atoms with Crippen LogP contribution in [-0.2, 0) is 9.59 Å². The second-order valence-electron chi connectivity index (χ2n) is 3.78. The van der Waals surface area contributed by atoms with Crippen LogP contribution in [0.3, 0.4) is 0 Å². The van der Waals surface area contributed by atoms with Gasteiger partial charge in [0.1, 0.15) is 12.6 Å². The quantitative estimate of drug-likeness (QED) is 0.785. The Morgan fingerprint density at radius 3 is 2.94 bits per heavy atom. The number of imide groups is 1. The van der Waals surface area contributed by atoms with Gasteiger partial charge in [-0.25, -0.2) is 0 Å². The third-order valence-electron chi connectivity index (χ3n) is 2.67. The Balaban J connectivity index is 2.25. The van der Waals surface area contributed by atoms with Gasteiger partial charge in [0.15, 0.2) is 0 Å². The first-order valence-corrected chi connectivity index (χ1v) is 6.24. The molecule has 1 saturated heterocycles. The number of carbonyl (C=O) groups excluding carboxylic acids is 3. The average molecular weight is 252 g/mol. The highest BCUT2D eigenvalue weighted by Gasteiger charge is 2.35. The maximum absolute atomic E-state index is 12.1. The van der Waals surface area contributed by atoms with Crippen LogP contribution in [0.25, 0.3) is 0 Å². The third kappa shape index (κ3) is 2.21. The summed E-state index contributed by atoms with van der Waals surface area (Å²) in [4.78, 5) is 36.4. The van der Waals surface area contributed by atoms with E-state index in [0.29, 0.717) is 12.0 Å². The minimum Gasteiger partial charge on any atom is -0.317 e. The smallest absolute Gasteiger partial charge is 0.255 e. The van der Waals surface area contributed by atoms with Crippen LogP contribution in [0.1, 0.15) is 23.7 Å². The van der Waals surface area contributed by atoms with E-state index >= 15 is 0 Å². The average Bonchev–Trinajstić information content (AvgIpc) is 2.80. The maximum Gasteiger partial charge on any atom is 0.255 e. The molecule has 1 aliphatic rings. The zero-order valence-electron chi connectivity index (χ0n) is 9.30. The summed E-state index contributed by atoms with van der Waals surface area (Å²) in [6.45, 7) is 1.76. The maximum atomic E-state index is 12.1. The molecule has 2 rings (SSSR count). The van der Waals surface area contributed by atoms with Crippen molar-refractivity contribution in [1.82, 2.24) is 10.2 Å². The number of hydrogen-bond donors (Lipinski definition) is 1. The highest BCUT2D eigenvalue weighted by molar-refractivity contribution is 7.08. The van der Waals surface area contributed by atoms with Gasteiger partial charge in [-0.1, -0.05) is 6.92 Å². The molecule has 0 spiro atoms. The molecule has 1 aliphatic heterocycles. The summed E-state index contributed by atoms with van der Waals surface area (Å²) in [7, 11) is 0. The number of nitrogens with one attached hydrogen (secondary N) is 1. The first-order valence-electron chi connectivity index (χ1n) is 5.30. The molecule has 90 valence electrons. The van der Waals surface area contributed by atoms with Crippen molar-refractivity contribution in [2.45, 2.75) is 19.4 Å². The molecule has 1 aromatic heterocycles. The van der Waals surface area contributed by atoms with Crippen molar-refractivity contribution in [1.29, 1.82) is 0 Å². The molecule has 0 radical (unpaired) electrons. The van der Waals surface area contributed by atoms with Gasteiger partial charge in [-0.3, -0.25) is 19.7 Å². The van der Waals surface area contributed by atoms with Gasteiger partial charge >= 0.3 is 0 Å². The number of piperazine rings is 1. The van der Waals surface area contributed by atoms with Gasteiger partial charge in [0.05, 0.1) is 5.56 Å². The molecule has 0 aromatic carbocycles. The summed E-state index contributed by atoms with van der Waals surface area (Å²) in [5.74, 6) is -1.09. The van der Waals surface area contributed by atoms with Gasteiger partial charge in [-0.05, 0) is 17.9 Å². The molecule has 2 heterocycles. The molecule has 6 heteroatoms. The Labute approximate surface area is 102 Å². The van der Waals surface area contributed by atoms with Gasteiger partial charge in [-0.15, -0.1) is 0 Å². The van der Waals surface area contributed by atoms with Crippen molar-refractivity contribution in [2.24, 2.45) is 0 Å². The van der Waals surface area contributed by atoms with E-state index in [1.807, 2.05) is 6.92 Å². The van der Waals surface area contributed by atoms with E-state index in [4.69, 9.17) is 0 Å². The Morgan fingerprint density at radius 1 is 1.59 bits per heavy atom. The largest absolute Gasteiger partial charge is 0.317 e. The number of nitrogens with zero attached hydrogens (tertiary/aromatic N) is 1. The SMILES string of the molecule is CCC1C(=O)NC(=O)CN1C(=O)c1ccsc1. The molecule has 0 aliphatic carbocycles. The minimum absolute atomic E-state index is 0.0566. The fourth-order valence-corrected chi connectivity index (χ4v) is 2.47. The molecule has 1 atom stereocenters. The van der Waals surface area contributed by atoms with Crippen LogP contribution in [0.4, 0.5) is 0 Å². The van der Waals surface area contributed by atoms with E-state index in [9.17, 15) is 14.4 Å². The second-order valence-corrected chi connectivity index (χ2v) is 4.56. The molecule has 1 aromatic rings. The minimum atomic E-state index is -0.555. The van der Waals surface area contributed by atoms with E-state index in [1.165, 1.54) is 16.2 Å². The predicted molar refractivity (Wildman–Crippen MR) is 62.6 cm³/mol. The van der Waals surface area contributed by atoms with Crippen molar-refractivity contribution >= 4 is 29.1 Å². The van der Waals surface area contributed by atoms with Crippen molar-refractivity contribution in [2.75, 3.05) is 6.54 Å². The molecule has 1 unspecified atom stereocenters. The van der Waals surface area contributed by atoms with E-state index in [1.54, 1.807) is 16.8 Å². The lowest BCUT2D eigenvalue weighted by Crippen LogP contribution is -2.59. The molecule has 3 amide bonds. The predicted octanol–water partition coefficient (Wildman–Crippen LogP) is 0.625. The van der Waals surface area contributed by atoms with Crippen LogP contribution in [0.2, 0.25) is 0 Å². The van der Waals surface area contributed by atoms with Crippen LogP contribution in [-0.4, -0.2) is 35.2 Å². The summed E-state index contributed by atoms with van der Waals surface area (Å²) >= 11 is 1.41. The fourth-order valence-electron chi connectivity index (χ4n) is 1.84. The highest BCUT2D eigenvalue weighted by atomic mass is 32.1. The van der Waals surface area contributed by atoms with E-state index in [2.05, 4.69) is 5.32 Å². The fraction of sp³-hybridized carbons (Fsp3) is 0.364. The van der Waals surface area contributed by atoms with Gasteiger partial charge in [0.25, 0.3) is 5.91 Å². The van der Waals surface area contributed by atoms with Gasteiger partial charge < -0.3 is 4.90 Å². The number of carbonyl (C=O) groups is 3. The van der Waals surface area contributed by atoms with Crippen LogP contribution in [0.15, 0.2) is 16.8 Å². The molecule has 1 fully saturated rings. The Morgan fingerprint density at radius 2 is 2.35 bits per heavy atom. The van der Waals surface area contributed by atoms with Gasteiger partial charge in [0, 0.05) is 5.38 Å². The number of rotatable bonds is 2. The molecule has 0 bridgehead atoms. The zero-order valence-corrected chi connectivity index (χ0v) is 10.1. The van der Waals surface area contributed by atoms with Crippen molar-refractivity contribution in [3.05, 3.63) is 22.4 Å². The van der Waals surface area contributed by atoms with Crippen molar-refractivity contribution < 1.29 is 14.4 Å². The molecular formula is C11H12N2O3S. The van der Waals surface area contributed by atoms with Crippen LogP contribution >= 0.6 is 11.3 Å². The van der Waals surface area contributed by atoms with Gasteiger partial charge in [0.2, 0.25) is 11.8 Å². The summed E-state index contributed by atoms with van der Waals surface area (Å²) in [6, 6.07) is 1.14. The van der Waals surface area contributed by atoms with Crippen LogP contribution < -0.4 is 5.32 Å². The second kappa shape index (κ2) is 4.67. The standard InChI is InChI=1S/C11H12N2O3S/c1-2-8-10(15)12-9(14)5-13(8)11(16)7-3-4-17-6-7/h3-4,6,8H,2,5H2,1H3,(H,12,14,15). The lowest BCUT2D eigenvalue weighted by Gasteiger charge is -2.33. The van der Waals surface area contributed by atoms with E-state index < -0.39 is 17.9 Å². The summed E-state index contributed by atoms with van der Waals surface area (Å²) in [5.41, 5.74) is 0.524. The number of thiophene rings is 1. The summed E-state index contributed by atoms with van der Waals surface area (Å²) in [6.07, 6.45) is 0.495. The Hall–Kier alpha value is -1.69. The molecule has 0 saturated carbocycles.